The van der Waals surface area contributed by atoms with Crippen molar-refractivity contribution in [1.82, 2.24) is 19.3 Å². The minimum atomic E-state index is -4.53. The molecule has 0 saturated carbocycles. The summed E-state index contributed by atoms with van der Waals surface area (Å²) < 4.78 is 43.7. The van der Waals surface area contributed by atoms with Gasteiger partial charge in [-0.15, -0.1) is 12.4 Å². The van der Waals surface area contributed by atoms with E-state index in [1.165, 1.54) is 12.1 Å². The Morgan fingerprint density at radius 3 is 2.15 bits per heavy atom. The zero-order chi connectivity index (χ0) is 36.7. The lowest BCUT2D eigenvalue weighted by molar-refractivity contribution is -0.137. The van der Waals surface area contributed by atoms with Crippen molar-refractivity contribution in [2.75, 3.05) is 45.2 Å². The Morgan fingerprint density at radius 1 is 0.774 bits per heavy atom. The third-order valence-corrected chi connectivity index (χ3v) is 11.0. The van der Waals surface area contributed by atoms with Crippen LogP contribution in [0.25, 0.3) is 11.1 Å². The average molecular weight is 748 g/mol. The normalized spacial score (nSPS) is 16.6. The first-order valence-corrected chi connectivity index (χ1v) is 18.1. The molecule has 0 aliphatic carbocycles. The predicted molar refractivity (Wildman–Crippen MR) is 202 cm³/mol. The molecule has 2 saturated heterocycles. The number of fused-ring (bicyclic) bond motifs is 2. The Hall–Kier alpha value is -4.61. The Kier molecular flexibility index (Phi) is 11.1. The number of aromatic nitrogens is 1. The van der Waals surface area contributed by atoms with E-state index in [0.29, 0.717) is 53.3 Å². The maximum atomic E-state index is 14.6. The van der Waals surface area contributed by atoms with Gasteiger partial charge in [-0.25, -0.2) is 0 Å². The van der Waals surface area contributed by atoms with Gasteiger partial charge in [-0.3, -0.25) is 14.4 Å². The summed E-state index contributed by atoms with van der Waals surface area (Å²) in [4.78, 5) is 49.8. The van der Waals surface area contributed by atoms with E-state index in [0.717, 1.165) is 62.5 Å². The lowest BCUT2D eigenvalue weighted by Gasteiger charge is -2.35. The maximum absolute atomic E-state index is 14.6. The molecule has 1 aromatic heterocycles. The van der Waals surface area contributed by atoms with Crippen molar-refractivity contribution >= 4 is 35.8 Å². The van der Waals surface area contributed by atoms with Crippen LogP contribution in [0, 0.1) is 6.92 Å². The first kappa shape index (κ1) is 38.1. The molecule has 53 heavy (non-hydrogen) atoms. The average Bonchev–Trinajstić information content (AvgIpc) is 3.46. The molecule has 12 heteroatoms. The summed E-state index contributed by atoms with van der Waals surface area (Å²) in [7, 11) is 3.94. The van der Waals surface area contributed by atoms with Crippen molar-refractivity contribution in [3.05, 3.63) is 112 Å². The van der Waals surface area contributed by atoms with Gasteiger partial charge in [0, 0.05) is 43.0 Å². The van der Waals surface area contributed by atoms with Gasteiger partial charge in [-0.2, -0.15) is 13.2 Å². The summed E-state index contributed by atoms with van der Waals surface area (Å²) in [6.07, 6.45) is 0.234. The molecule has 4 aromatic rings. The summed E-state index contributed by atoms with van der Waals surface area (Å²) in [6, 6.07) is 19.5. The highest BCUT2D eigenvalue weighted by Gasteiger charge is 2.35. The number of likely N-dealkylation sites (tertiary alicyclic amines) is 2. The third-order valence-electron chi connectivity index (χ3n) is 11.0. The largest absolute Gasteiger partial charge is 0.417 e. The Labute approximate surface area is 314 Å². The van der Waals surface area contributed by atoms with E-state index in [2.05, 4.69) is 11.9 Å². The molecule has 0 bridgehead atoms. The highest BCUT2D eigenvalue weighted by Crippen LogP contribution is 2.39. The molecule has 0 unspecified atom stereocenters. The first-order valence-electron chi connectivity index (χ1n) is 18.1. The number of carbonyl (C=O) groups is 3. The molecule has 4 heterocycles. The van der Waals surface area contributed by atoms with Gasteiger partial charge in [-0.05, 0) is 124 Å². The van der Waals surface area contributed by atoms with Crippen molar-refractivity contribution in [1.29, 1.82) is 0 Å². The van der Waals surface area contributed by atoms with E-state index < -0.39 is 11.7 Å². The number of carbonyl (C=O) groups excluding carboxylic acids is 3. The van der Waals surface area contributed by atoms with Crippen molar-refractivity contribution in [3.8, 4) is 11.1 Å². The van der Waals surface area contributed by atoms with E-state index in [1.807, 2.05) is 39.6 Å². The van der Waals surface area contributed by atoms with Gasteiger partial charge in [0.05, 0.1) is 24.3 Å². The predicted octanol–water partition coefficient (Wildman–Crippen LogP) is 7.91. The van der Waals surface area contributed by atoms with Crippen LogP contribution in [0.3, 0.4) is 0 Å². The Balaban J connectivity index is 0.00000481. The molecule has 0 spiro atoms. The number of amides is 3. The van der Waals surface area contributed by atoms with Crippen LogP contribution in [0.5, 0.6) is 0 Å². The monoisotopic (exact) mass is 747 g/mol. The zero-order valence-corrected chi connectivity index (χ0v) is 31.1. The quantitative estimate of drug-likeness (QED) is 0.208. The molecule has 3 aliphatic heterocycles. The van der Waals surface area contributed by atoms with Gasteiger partial charge in [0.15, 0.2) is 0 Å². The number of aryl methyl sites for hydroxylation is 1. The summed E-state index contributed by atoms with van der Waals surface area (Å²) in [5.74, 6) is -0.518. The van der Waals surface area contributed by atoms with Crippen molar-refractivity contribution in [3.63, 3.8) is 0 Å². The molecule has 3 amide bonds. The van der Waals surface area contributed by atoms with Gasteiger partial charge in [0.1, 0.15) is 5.69 Å². The zero-order valence-electron chi connectivity index (χ0n) is 30.3. The van der Waals surface area contributed by atoms with Crippen molar-refractivity contribution in [2.24, 2.45) is 0 Å². The summed E-state index contributed by atoms with van der Waals surface area (Å²) in [5.41, 5.74) is 3.67. The summed E-state index contributed by atoms with van der Waals surface area (Å²) in [6.45, 7) is 5.38. The van der Waals surface area contributed by atoms with E-state index in [4.69, 9.17) is 0 Å². The summed E-state index contributed by atoms with van der Waals surface area (Å²) in [5, 5.41) is 0. The summed E-state index contributed by atoms with van der Waals surface area (Å²) >= 11 is 0. The van der Waals surface area contributed by atoms with E-state index in [-0.39, 0.29) is 48.3 Å². The lowest BCUT2D eigenvalue weighted by Crippen LogP contribution is -2.45. The fourth-order valence-corrected chi connectivity index (χ4v) is 7.93. The van der Waals surface area contributed by atoms with Gasteiger partial charge in [0.25, 0.3) is 17.7 Å². The van der Waals surface area contributed by atoms with E-state index in [9.17, 15) is 27.6 Å². The molecule has 0 radical (unpaired) electrons. The Bertz CT molecular complexity index is 2010. The van der Waals surface area contributed by atoms with E-state index in [1.54, 1.807) is 48.2 Å². The minimum Gasteiger partial charge on any atom is -0.339 e. The standard InChI is InChI=1S/C41H44F3N5O3.ClH/c1-27-23-28(13-15-33(27)34-9-5-6-10-35(34)41(42,43)44)39(51)49-26-32-14-16-36(40(52)46(3)31-17-21-45(2)22-18-31)48(32)25-30-12-11-29(24-37(30)49)38(50)47-19-7-4-8-20-47;/h5-6,9-16,23-24,31H,4,7-8,17-22,25-26H2,1-3H3;1H. The van der Waals surface area contributed by atoms with Crippen LogP contribution >= 0.6 is 12.4 Å². The van der Waals surface area contributed by atoms with Gasteiger partial charge < -0.3 is 24.2 Å². The van der Waals surface area contributed by atoms with Gasteiger partial charge >= 0.3 is 6.18 Å². The minimum absolute atomic E-state index is 0. The second-order valence-electron chi connectivity index (χ2n) is 14.4. The maximum Gasteiger partial charge on any atom is 0.417 e. The van der Waals surface area contributed by atoms with Crippen LogP contribution in [0.15, 0.2) is 72.8 Å². The molecule has 3 aromatic carbocycles. The number of alkyl halides is 3. The number of anilines is 1. The second-order valence-corrected chi connectivity index (χ2v) is 14.4. The number of rotatable bonds is 5. The number of halogens is 4. The number of piperidine rings is 2. The molecule has 3 aliphatic rings. The highest BCUT2D eigenvalue weighted by molar-refractivity contribution is 6.08. The molecular formula is C41H45ClF3N5O3. The third kappa shape index (κ3) is 7.59. The second kappa shape index (κ2) is 15.4. The Morgan fingerprint density at radius 2 is 1.45 bits per heavy atom. The molecule has 2 fully saturated rings. The van der Waals surface area contributed by atoms with Crippen LogP contribution in [0.2, 0.25) is 0 Å². The molecule has 280 valence electrons. The molecular weight excluding hydrogens is 703 g/mol. The van der Waals surface area contributed by atoms with Crippen LogP contribution in [0.4, 0.5) is 18.9 Å². The SMILES string of the molecule is Cc1cc(C(=O)N2Cc3ccc(C(=O)N(C)C4CCN(C)CC4)n3Cc3ccc(C(=O)N4CCCCC4)cc32)ccc1-c1ccccc1C(F)(F)F.Cl. The highest BCUT2D eigenvalue weighted by atomic mass is 35.5. The molecule has 0 N–H and O–H groups in total. The van der Waals surface area contributed by atoms with E-state index >= 15 is 0 Å². The number of benzene rings is 3. The van der Waals surface area contributed by atoms with Crippen LogP contribution in [-0.4, -0.2) is 83.3 Å². The number of hydrogen-bond acceptors (Lipinski definition) is 4. The van der Waals surface area contributed by atoms with Gasteiger partial charge in [-0.1, -0.05) is 30.3 Å². The van der Waals surface area contributed by atoms with Crippen LogP contribution < -0.4 is 4.90 Å². The van der Waals surface area contributed by atoms with Crippen LogP contribution in [0.1, 0.15) is 85.7 Å². The molecule has 0 atom stereocenters. The topological polar surface area (TPSA) is 69.1 Å². The number of hydrogen-bond donors (Lipinski definition) is 0. The lowest BCUT2D eigenvalue weighted by atomic mass is 9.94. The van der Waals surface area contributed by atoms with Gasteiger partial charge in [0.2, 0.25) is 0 Å². The smallest absolute Gasteiger partial charge is 0.339 e. The fourth-order valence-electron chi connectivity index (χ4n) is 7.93. The molecule has 7 rings (SSSR count). The van der Waals surface area contributed by atoms with Crippen molar-refractivity contribution in [2.45, 2.75) is 64.3 Å². The van der Waals surface area contributed by atoms with Crippen molar-refractivity contribution < 1.29 is 27.6 Å². The fraction of sp³-hybridized carbons (Fsp3) is 0.390. The van der Waals surface area contributed by atoms with Crippen LogP contribution in [-0.2, 0) is 19.3 Å². The molecule has 8 nitrogen and oxygen atoms in total. The number of nitrogens with zero attached hydrogens (tertiary/aromatic N) is 5. The first-order chi connectivity index (χ1) is 24.9.